The molecule has 5 rings (SSSR count). The van der Waals surface area contributed by atoms with Crippen molar-refractivity contribution in [1.82, 2.24) is 30.1 Å². The van der Waals surface area contributed by atoms with E-state index in [1.165, 1.54) is 32.4 Å². The van der Waals surface area contributed by atoms with Crippen molar-refractivity contribution in [3.63, 3.8) is 0 Å². The van der Waals surface area contributed by atoms with E-state index in [1.807, 2.05) is 84.9 Å². The number of aliphatic hydroxyl groups excluding tert-OH is 3. The van der Waals surface area contributed by atoms with E-state index in [1.54, 1.807) is 32.4 Å². The van der Waals surface area contributed by atoms with Crippen LogP contribution in [0.4, 0.5) is 0 Å². The summed E-state index contributed by atoms with van der Waals surface area (Å²) in [5.74, 6) is -1.50. The molecule has 380 valence electrons. The first-order valence-corrected chi connectivity index (χ1v) is 27.0. The van der Waals surface area contributed by atoms with Crippen LogP contribution in [0, 0.1) is 17.8 Å². The van der Waals surface area contributed by atoms with Gasteiger partial charge in [-0.15, -0.1) is 5.10 Å². The van der Waals surface area contributed by atoms with Crippen LogP contribution in [-0.4, -0.2) is 167 Å². The van der Waals surface area contributed by atoms with Gasteiger partial charge in [-0.25, -0.2) is 0 Å². The van der Waals surface area contributed by atoms with Gasteiger partial charge in [-0.1, -0.05) is 78.3 Å². The number of ether oxygens (including phenoxy) is 3. The van der Waals surface area contributed by atoms with Gasteiger partial charge in [-0.3, -0.25) is 19.2 Å². The second-order valence-corrected chi connectivity index (χ2v) is 23.2. The monoisotopic (exact) mass is 979 g/mol. The number of aliphatic hydroxyl groups is 5. The normalized spacial score (nSPS) is 36.4. The first kappa shape index (κ1) is 55.6. The van der Waals surface area contributed by atoms with Gasteiger partial charge in [0, 0.05) is 67.2 Å². The van der Waals surface area contributed by atoms with E-state index in [-0.39, 0.29) is 30.8 Å². The average molecular weight is 979 g/mol. The standard InChI is InChI=1S/C49H82N6O10S2/c1-11-40-49(8,62)44(59)34(6)53(9)27-30(2)26-48(7,61)45(32(4)42(57)33(5)46(60)64-40)65-47-43(58)39(25-31(3)63-47)54(10)28-35-17-19-36(20-18-35)38-29-55(52-51-38)23-14-22-50-41(56)16-13-12-15-37-21-24-66-67-37/h17-20,29-34,37,39-40,42-45,47,57-59,61-62H,11-16,21-28H2,1-10H3,(H,50,56)/t30-,31-,32+,33-,34-,37-,39+,40-,42+,43-,44-,45-,47+,48?,49-/m0/s1. The molecule has 15 atom stereocenters. The fraction of sp³-hybridized carbons (Fsp3) is 0.796. The van der Waals surface area contributed by atoms with Crippen LogP contribution in [-0.2, 0) is 36.9 Å². The van der Waals surface area contributed by atoms with Gasteiger partial charge in [0.25, 0.3) is 0 Å². The van der Waals surface area contributed by atoms with E-state index >= 15 is 0 Å². The molecule has 0 bridgehead atoms. The predicted molar refractivity (Wildman–Crippen MR) is 263 cm³/mol. The summed E-state index contributed by atoms with van der Waals surface area (Å²) in [6.45, 7) is 16.0. The largest absolute Gasteiger partial charge is 0.459 e. The maximum absolute atomic E-state index is 13.6. The Labute approximate surface area is 407 Å². The van der Waals surface area contributed by atoms with Crippen LogP contribution in [0.15, 0.2) is 30.5 Å². The Morgan fingerprint density at radius 2 is 1.76 bits per heavy atom. The van der Waals surface area contributed by atoms with Gasteiger partial charge >= 0.3 is 5.97 Å². The topological polar surface area (TPSA) is 212 Å². The Morgan fingerprint density at radius 1 is 1.04 bits per heavy atom. The quantitative estimate of drug-likeness (QED) is 0.0741. The number of carbonyl (C=O) groups is 2. The fourth-order valence-corrected chi connectivity index (χ4v) is 13.2. The maximum Gasteiger partial charge on any atom is 0.311 e. The Morgan fingerprint density at radius 3 is 2.43 bits per heavy atom. The van der Waals surface area contributed by atoms with Crippen molar-refractivity contribution in [2.75, 3.05) is 32.9 Å². The summed E-state index contributed by atoms with van der Waals surface area (Å²) in [5, 5.41) is 71.5. The molecule has 3 aliphatic rings. The number of aryl methyl sites for hydroxylation is 1. The molecule has 1 unspecified atom stereocenters. The van der Waals surface area contributed by atoms with Crippen molar-refractivity contribution >= 4 is 33.5 Å². The molecule has 16 nitrogen and oxygen atoms in total. The highest BCUT2D eigenvalue weighted by molar-refractivity contribution is 8.77. The van der Waals surface area contributed by atoms with Crippen LogP contribution in [0.2, 0.25) is 0 Å². The van der Waals surface area contributed by atoms with Crippen LogP contribution in [0.3, 0.4) is 0 Å². The first-order valence-electron chi connectivity index (χ1n) is 24.6. The van der Waals surface area contributed by atoms with Gasteiger partial charge in [-0.2, -0.15) is 0 Å². The number of unbranched alkanes of at least 4 members (excludes halogenated alkanes) is 1. The van der Waals surface area contributed by atoms with Crippen molar-refractivity contribution in [2.24, 2.45) is 17.8 Å². The lowest BCUT2D eigenvalue weighted by molar-refractivity contribution is -0.300. The molecule has 0 spiro atoms. The molecule has 3 aliphatic heterocycles. The van der Waals surface area contributed by atoms with Gasteiger partial charge < -0.3 is 50.0 Å². The second kappa shape index (κ2) is 25.2. The van der Waals surface area contributed by atoms with Gasteiger partial charge in [0.05, 0.1) is 36.0 Å². The summed E-state index contributed by atoms with van der Waals surface area (Å²) < 4.78 is 20.5. The lowest BCUT2D eigenvalue weighted by Crippen LogP contribution is -2.59. The van der Waals surface area contributed by atoms with Gasteiger partial charge in [0.15, 0.2) is 6.29 Å². The molecule has 2 aromatic rings. The van der Waals surface area contributed by atoms with Crippen molar-refractivity contribution in [3.05, 3.63) is 36.0 Å². The number of nitrogens with zero attached hydrogens (tertiary/aromatic N) is 5. The Bertz CT molecular complexity index is 1830. The number of likely N-dealkylation sites (N-methyl/N-ethyl adjacent to an activating group) is 2. The highest BCUT2D eigenvalue weighted by Gasteiger charge is 2.50. The number of rotatable bonds is 16. The third kappa shape index (κ3) is 15.1. The highest BCUT2D eigenvalue weighted by Crippen LogP contribution is 2.40. The average Bonchev–Trinajstić information content (AvgIpc) is 4.00. The summed E-state index contributed by atoms with van der Waals surface area (Å²) in [4.78, 5) is 29.9. The summed E-state index contributed by atoms with van der Waals surface area (Å²) in [6, 6.07) is 7.14. The third-order valence-electron chi connectivity index (χ3n) is 14.4. The molecule has 67 heavy (non-hydrogen) atoms. The molecule has 1 aromatic carbocycles. The molecular formula is C49H82N6O10S2. The summed E-state index contributed by atoms with van der Waals surface area (Å²) in [5.41, 5.74) is -0.676. The van der Waals surface area contributed by atoms with Crippen molar-refractivity contribution < 1.29 is 49.3 Å². The minimum atomic E-state index is -1.79. The van der Waals surface area contributed by atoms with Crippen molar-refractivity contribution in [2.45, 2.75) is 198 Å². The number of cyclic esters (lactones) is 1. The van der Waals surface area contributed by atoms with Gasteiger partial charge in [0.1, 0.15) is 29.6 Å². The number of esters is 1. The number of aromatic nitrogens is 3. The molecule has 0 aliphatic carbocycles. The lowest BCUT2D eigenvalue weighted by atomic mass is 9.78. The Hall–Kier alpha value is -2.36. The summed E-state index contributed by atoms with van der Waals surface area (Å²) >= 11 is 0. The molecule has 6 N–H and O–H groups in total. The van der Waals surface area contributed by atoms with Crippen LogP contribution < -0.4 is 5.32 Å². The SMILES string of the molecule is CC[C@@H]1OC(=O)[C@@H](C)[C@H](O)[C@@H](C)[C@H](O[C@H]2O[C@@H](C)C[C@@H](N(C)Cc3ccc(-c4cn(CCCNC(=O)CCCC[C@H]5CCSS5)nn4)cc3)[C@@H]2O)C(C)(O)C[C@H](C)CN(C)[C@@H](C)[C@H](O)[C@@]1(C)O. The van der Waals surface area contributed by atoms with Gasteiger partial charge in [0.2, 0.25) is 5.91 Å². The number of amides is 1. The number of benzene rings is 1. The summed E-state index contributed by atoms with van der Waals surface area (Å²) in [6.07, 6.45) is 1.28. The molecule has 0 saturated carbocycles. The van der Waals surface area contributed by atoms with Crippen LogP contribution in [0.5, 0.6) is 0 Å². The minimum absolute atomic E-state index is 0.107. The maximum atomic E-state index is 13.6. The third-order valence-corrected chi connectivity index (χ3v) is 17.4. The van der Waals surface area contributed by atoms with E-state index in [0.29, 0.717) is 39.0 Å². The number of nitrogens with one attached hydrogen (secondary N) is 1. The van der Waals surface area contributed by atoms with Crippen molar-refractivity contribution in [3.8, 4) is 11.3 Å². The van der Waals surface area contributed by atoms with Crippen LogP contribution in [0.25, 0.3) is 11.3 Å². The molecular weight excluding hydrogens is 897 g/mol. The molecule has 1 amide bonds. The number of hydrogen-bond acceptors (Lipinski definition) is 16. The molecule has 3 fully saturated rings. The number of hydrogen-bond donors (Lipinski definition) is 6. The fourth-order valence-electron chi connectivity index (χ4n) is 10.2. The molecule has 0 radical (unpaired) electrons. The molecule has 1 aromatic heterocycles. The molecule has 4 heterocycles. The molecule has 18 heteroatoms. The van der Waals surface area contributed by atoms with E-state index in [0.717, 1.165) is 41.3 Å². The number of carbonyl (C=O) groups excluding carboxylic acids is 2. The van der Waals surface area contributed by atoms with Gasteiger partial charge in [-0.05, 0) is 105 Å². The van der Waals surface area contributed by atoms with Crippen LogP contribution >= 0.6 is 21.6 Å². The van der Waals surface area contributed by atoms with E-state index < -0.39 is 77.9 Å². The van der Waals surface area contributed by atoms with Crippen LogP contribution in [0.1, 0.15) is 119 Å². The Kier molecular flexibility index (Phi) is 20.9. The smallest absolute Gasteiger partial charge is 0.311 e. The van der Waals surface area contributed by atoms with E-state index in [2.05, 4.69) is 20.5 Å². The zero-order chi connectivity index (χ0) is 49.2. The lowest BCUT2D eigenvalue weighted by Gasteiger charge is -2.47. The molecule has 3 saturated heterocycles. The minimum Gasteiger partial charge on any atom is -0.459 e. The van der Waals surface area contributed by atoms with E-state index in [4.69, 9.17) is 14.2 Å². The predicted octanol–water partition coefficient (Wildman–Crippen LogP) is 5.02. The first-order chi connectivity index (χ1) is 31.6. The van der Waals surface area contributed by atoms with Crippen molar-refractivity contribution in [1.29, 1.82) is 0 Å². The Balaban J connectivity index is 1.20. The zero-order valence-electron chi connectivity index (χ0n) is 41.6. The summed E-state index contributed by atoms with van der Waals surface area (Å²) in [7, 11) is 7.72. The zero-order valence-corrected chi connectivity index (χ0v) is 43.3. The second-order valence-electron chi connectivity index (χ2n) is 20.4. The van der Waals surface area contributed by atoms with E-state index in [9.17, 15) is 35.1 Å². The highest BCUT2D eigenvalue weighted by atomic mass is 33.1.